The van der Waals surface area contributed by atoms with Crippen molar-refractivity contribution in [3.63, 3.8) is 0 Å². The number of nitrogens with zero attached hydrogens (tertiary/aromatic N) is 1. The molecule has 1 unspecified atom stereocenters. The average Bonchev–Trinajstić information content (AvgIpc) is 2.92. The van der Waals surface area contributed by atoms with E-state index in [1.807, 2.05) is 0 Å². The van der Waals surface area contributed by atoms with Crippen molar-refractivity contribution in [1.82, 2.24) is 0 Å². The number of ether oxygens (including phenoxy) is 1. The lowest BCUT2D eigenvalue weighted by atomic mass is 9.94. The fraction of sp³-hybridized carbons (Fsp3) is 0.0690. The largest absolute Gasteiger partial charge is 0.465 e. The maximum Gasteiger partial charge on any atom is 0.337 e. The number of benzene rings is 4. The third-order valence-electron chi connectivity index (χ3n) is 5.77. The highest BCUT2D eigenvalue weighted by Crippen LogP contribution is 2.36. The summed E-state index contributed by atoms with van der Waals surface area (Å²) in [7, 11) is 1.25. The first-order valence-electron chi connectivity index (χ1n) is 11.2. The van der Waals surface area contributed by atoms with Crippen LogP contribution >= 0.6 is 34.8 Å². The Balaban J connectivity index is 1.91. The first kappa shape index (κ1) is 27.3. The molecule has 0 aliphatic heterocycles. The molecule has 0 bridgehead atoms. The van der Waals surface area contributed by atoms with Gasteiger partial charge in [0.2, 0.25) is 0 Å². The quantitative estimate of drug-likeness (QED) is 0.168. The maximum atomic E-state index is 14.1. The van der Waals surface area contributed by atoms with Crippen LogP contribution in [0.4, 0.5) is 10.1 Å². The minimum Gasteiger partial charge on any atom is -0.465 e. The van der Waals surface area contributed by atoms with Gasteiger partial charge in [0.1, 0.15) is 11.9 Å². The monoisotopic (exact) mass is 569 g/mol. The summed E-state index contributed by atoms with van der Waals surface area (Å²) in [6, 6.07) is 20.6. The van der Waals surface area contributed by atoms with Gasteiger partial charge < -0.3 is 4.74 Å². The summed E-state index contributed by atoms with van der Waals surface area (Å²) in [5.74, 6) is -2.22. The number of amides is 1. The Bertz CT molecular complexity index is 1490. The Labute approximate surface area is 233 Å². The van der Waals surface area contributed by atoms with Gasteiger partial charge in [0.25, 0.3) is 5.91 Å². The summed E-state index contributed by atoms with van der Waals surface area (Å²) in [5, 5.41) is 0.809. The van der Waals surface area contributed by atoms with Gasteiger partial charge in [-0.25, -0.2) is 9.18 Å². The van der Waals surface area contributed by atoms with Crippen LogP contribution in [-0.4, -0.2) is 24.8 Å². The van der Waals surface area contributed by atoms with Crippen LogP contribution in [0.15, 0.2) is 91.0 Å². The summed E-state index contributed by atoms with van der Waals surface area (Å²) >= 11 is 18.6. The second kappa shape index (κ2) is 11.8. The molecule has 0 fully saturated rings. The van der Waals surface area contributed by atoms with E-state index in [0.29, 0.717) is 15.7 Å². The lowest BCUT2D eigenvalue weighted by molar-refractivity contribution is 0.0600. The molecular formula is C29H19Cl3FNO4. The van der Waals surface area contributed by atoms with Crippen LogP contribution in [0.25, 0.3) is 0 Å². The van der Waals surface area contributed by atoms with E-state index in [1.54, 1.807) is 36.4 Å². The molecule has 4 aromatic carbocycles. The summed E-state index contributed by atoms with van der Waals surface area (Å²) in [5.41, 5.74) is 1.23. The van der Waals surface area contributed by atoms with Crippen LogP contribution in [0.1, 0.15) is 42.7 Å². The van der Waals surface area contributed by atoms with E-state index >= 15 is 0 Å². The lowest BCUT2D eigenvalue weighted by Crippen LogP contribution is -2.39. The minimum atomic E-state index is -1.29. The lowest BCUT2D eigenvalue weighted by Gasteiger charge is -2.32. The first-order valence-corrected chi connectivity index (χ1v) is 12.3. The van der Waals surface area contributed by atoms with Crippen LogP contribution in [0, 0.1) is 5.82 Å². The average molecular weight is 571 g/mol. The second-order valence-electron chi connectivity index (χ2n) is 8.16. The van der Waals surface area contributed by atoms with E-state index in [2.05, 4.69) is 0 Å². The third-order valence-corrected chi connectivity index (χ3v) is 6.60. The molecule has 0 saturated carbocycles. The zero-order valence-corrected chi connectivity index (χ0v) is 22.1. The molecule has 0 saturated heterocycles. The molecule has 0 N–H and O–H groups in total. The number of ketones is 1. The summed E-state index contributed by atoms with van der Waals surface area (Å²) in [6.45, 7) is 0. The predicted octanol–water partition coefficient (Wildman–Crippen LogP) is 7.84. The third kappa shape index (κ3) is 5.89. The fourth-order valence-electron chi connectivity index (χ4n) is 3.88. The number of carbonyl (C=O) groups excluding carboxylic acids is 3. The molecule has 0 aliphatic carbocycles. The molecule has 4 rings (SSSR count). The molecule has 9 heteroatoms. The first-order chi connectivity index (χ1) is 18.2. The molecule has 0 spiro atoms. The van der Waals surface area contributed by atoms with Gasteiger partial charge in [-0.2, -0.15) is 0 Å². The van der Waals surface area contributed by atoms with Gasteiger partial charge in [-0.15, -0.1) is 0 Å². The zero-order chi connectivity index (χ0) is 27.4. The smallest absolute Gasteiger partial charge is 0.337 e. The van der Waals surface area contributed by atoms with Crippen molar-refractivity contribution in [3.8, 4) is 0 Å². The predicted molar refractivity (Wildman–Crippen MR) is 146 cm³/mol. The molecular weight excluding hydrogens is 552 g/mol. The van der Waals surface area contributed by atoms with E-state index in [1.165, 1.54) is 60.5 Å². The molecule has 192 valence electrons. The van der Waals surface area contributed by atoms with Gasteiger partial charge in [0, 0.05) is 37.4 Å². The van der Waals surface area contributed by atoms with Crippen molar-refractivity contribution in [1.29, 1.82) is 0 Å². The van der Waals surface area contributed by atoms with E-state index in [4.69, 9.17) is 39.5 Å². The molecule has 0 radical (unpaired) electrons. The molecule has 0 aliphatic rings. The van der Waals surface area contributed by atoms with Crippen molar-refractivity contribution in [2.45, 2.75) is 6.04 Å². The van der Waals surface area contributed by atoms with Gasteiger partial charge in [0.15, 0.2) is 5.78 Å². The van der Waals surface area contributed by atoms with Crippen LogP contribution in [0.3, 0.4) is 0 Å². The number of methoxy groups -OCH3 is 1. The minimum absolute atomic E-state index is 0.0369. The molecule has 5 nitrogen and oxygen atoms in total. The van der Waals surface area contributed by atoms with Gasteiger partial charge in [-0.1, -0.05) is 40.9 Å². The Hall–Kier alpha value is -3.71. The van der Waals surface area contributed by atoms with Crippen LogP contribution in [0.2, 0.25) is 15.1 Å². The summed E-state index contributed by atoms with van der Waals surface area (Å²) in [4.78, 5) is 41.2. The zero-order valence-electron chi connectivity index (χ0n) is 19.8. The van der Waals surface area contributed by atoms with Gasteiger partial charge in [-0.05, 0) is 84.9 Å². The van der Waals surface area contributed by atoms with Crippen molar-refractivity contribution >= 4 is 58.1 Å². The number of carbonyl (C=O) groups is 3. The Morgan fingerprint density at radius 3 is 1.82 bits per heavy atom. The Morgan fingerprint density at radius 1 is 0.737 bits per heavy atom. The van der Waals surface area contributed by atoms with Crippen molar-refractivity contribution in [3.05, 3.63) is 134 Å². The number of halogens is 4. The highest BCUT2D eigenvalue weighted by Gasteiger charge is 2.35. The number of hydrogen-bond donors (Lipinski definition) is 0. The number of anilines is 1. The summed E-state index contributed by atoms with van der Waals surface area (Å²) < 4.78 is 18.7. The van der Waals surface area contributed by atoms with E-state index in [9.17, 15) is 18.8 Å². The normalized spacial score (nSPS) is 11.5. The number of rotatable bonds is 7. The van der Waals surface area contributed by atoms with E-state index in [0.717, 1.165) is 6.07 Å². The van der Waals surface area contributed by atoms with E-state index < -0.39 is 29.5 Å². The highest BCUT2D eigenvalue weighted by molar-refractivity contribution is 6.32. The van der Waals surface area contributed by atoms with Crippen LogP contribution < -0.4 is 4.90 Å². The standard InChI is InChI=1S/C29H19Cl3FNO4/c1-38-29(37)19-4-2-18(3-5-19)28(36)34(23-13-10-21(31)11-14-23)26(24-15-12-22(33)16-25(24)32)27(35)17-6-8-20(30)9-7-17/h2-16,26H,1H3. The van der Waals surface area contributed by atoms with Crippen molar-refractivity contribution in [2.75, 3.05) is 12.0 Å². The van der Waals surface area contributed by atoms with Crippen LogP contribution in [0.5, 0.6) is 0 Å². The number of Topliss-reactive ketones (excluding diaryl/α,β-unsaturated/α-hetero) is 1. The molecule has 4 aromatic rings. The Morgan fingerprint density at radius 2 is 1.26 bits per heavy atom. The molecule has 1 atom stereocenters. The highest BCUT2D eigenvalue weighted by atomic mass is 35.5. The van der Waals surface area contributed by atoms with Crippen molar-refractivity contribution in [2.24, 2.45) is 0 Å². The van der Waals surface area contributed by atoms with Gasteiger partial charge in [0.05, 0.1) is 12.7 Å². The molecule has 38 heavy (non-hydrogen) atoms. The fourth-order valence-corrected chi connectivity index (χ4v) is 4.41. The topological polar surface area (TPSA) is 63.7 Å². The second-order valence-corrected chi connectivity index (χ2v) is 9.44. The molecule has 0 heterocycles. The molecule has 0 aromatic heterocycles. The Kier molecular flexibility index (Phi) is 8.47. The molecule has 1 amide bonds. The maximum absolute atomic E-state index is 14.1. The summed E-state index contributed by atoms with van der Waals surface area (Å²) in [6.07, 6.45) is 0. The van der Waals surface area contributed by atoms with Gasteiger partial charge >= 0.3 is 5.97 Å². The number of hydrogen-bond acceptors (Lipinski definition) is 4. The number of esters is 1. The van der Waals surface area contributed by atoms with Crippen LogP contribution in [-0.2, 0) is 4.74 Å². The van der Waals surface area contributed by atoms with E-state index in [-0.39, 0.29) is 27.3 Å². The van der Waals surface area contributed by atoms with Gasteiger partial charge in [-0.3, -0.25) is 14.5 Å². The van der Waals surface area contributed by atoms with Crippen molar-refractivity contribution < 1.29 is 23.5 Å². The SMILES string of the molecule is COC(=O)c1ccc(C(=O)N(c2ccc(Cl)cc2)C(C(=O)c2ccc(Cl)cc2)c2ccc(F)cc2Cl)cc1.